The molecule has 3 aromatic rings. The Morgan fingerprint density at radius 2 is 1.64 bits per heavy atom. The zero-order valence-electron chi connectivity index (χ0n) is 22.9. The molecule has 1 N–H and O–H groups in total. The maximum Gasteiger partial charge on any atom is 0.285 e. The van der Waals surface area contributed by atoms with Crippen molar-refractivity contribution in [1.82, 2.24) is 10.2 Å². The lowest BCUT2D eigenvalue weighted by Crippen LogP contribution is -2.42. The normalized spacial score (nSPS) is 14.7. The minimum Gasteiger partial charge on any atom is -0.344 e. The van der Waals surface area contributed by atoms with E-state index in [9.17, 15) is 14.4 Å². The van der Waals surface area contributed by atoms with Crippen molar-refractivity contribution in [3.05, 3.63) is 149 Å². The number of nitrogens with one attached hydrogen (secondary N) is 1. The highest BCUT2D eigenvalue weighted by Gasteiger charge is 2.35. The number of aliphatic imine (C=N–C) groups is 1. The van der Waals surface area contributed by atoms with Crippen molar-refractivity contribution in [3.8, 4) is 6.07 Å². The third-order valence-corrected chi connectivity index (χ3v) is 7.20. The summed E-state index contributed by atoms with van der Waals surface area (Å²) in [5, 5.41) is 12.2. The van der Waals surface area contributed by atoms with Gasteiger partial charge in [0.15, 0.2) is 5.17 Å². The first kappa shape index (κ1) is 29.7. The zero-order chi connectivity index (χ0) is 29.9. The highest BCUT2D eigenvalue weighted by molar-refractivity contribution is 8.14. The monoisotopic (exact) mass is 572 g/mol. The maximum absolute atomic E-state index is 13.7. The van der Waals surface area contributed by atoms with Crippen molar-refractivity contribution in [2.24, 2.45) is 4.99 Å². The second-order valence-corrected chi connectivity index (χ2v) is 9.99. The fourth-order valence-electron chi connectivity index (χ4n) is 4.21. The van der Waals surface area contributed by atoms with Gasteiger partial charge in [-0.1, -0.05) is 109 Å². The molecule has 1 aliphatic heterocycles. The largest absolute Gasteiger partial charge is 0.344 e. The number of carbonyl (C=O) groups is 3. The van der Waals surface area contributed by atoms with Gasteiger partial charge in [0.2, 0.25) is 5.91 Å². The van der Waals surface area contributed by atoms with Gasteiger partial charge in [-0.25, -0.2) is 0 Å². The van der Waals surface area contributed by atoms with Crippen LogP contribution in [-0.2, 0) is 14.4 Å². The van der Waals surface area contributed by atoms with Gasteiger partial charge in [0, 0.05) is 5.70 Å². The molecule has 0 atom stereocenters. The molecule has 1 aliphatic rings. The molecule has 0 saturated heterocycles. The summed E-state index contributed by atoms with van der Waals surface area (Å²) in [6.07, 6.45) is 8.08. The molecule has 208 valence electrons. The number of rotatable bonds is 9. The smallest absolute Gasteiger partial charge is 0.285 e. The molecule has 0 aliphatic carbocycles. The van der Waals surface area contributed by atoms with Gasteiger partial charge in [0.25, 0.3) is 11.8 Å². The number of benzene rings is 3. The molecule has 3 amide bonds. The van der Waals surface area contributed by atoms with Crippen LogP contribution in [0.2, 0.25) is 0 Å². The average molecular weight is 573 g/mol. The summed E-state index contributed by atoms with van der Waals surface area (Å²) < 4.78 is 0. The third kappa shape index (κ3) is 7.27. The molecule has 0 unspecified atom stereocenters. The zero-order valence-corrected chi connectivity index (χ0v) is 23.8. The molecule has 3 aromatic carbocycles. The Labute approximate surface area is 249 Å². The Kier molecular flexibility index (Phi) is 10.2. The molecule has 0 saturated carbocycles. The second kappa shape index (κ2) is 14.4. The summed E-state index contributed by atoms with van der Waals surface area (Å²) in [4.78, 5) is 45.6. The molecule has 0 bridgehead atoms. The Morgan fingerprint density at radius 3 is 2.19 bits per heavy atom. The van der Waals surface area contributed by atoms with Crippen LogP contribution in [0.15, 0.2) is 132 Å². The van der Waals surface area contributed by atoms with Gasteiger partial charge in [-0.05, 0) is 47.9 Å². The van der Waals surface area contributed by atoms with Crippen molar-refractivity contribution in [2.45, 2.75) is 13.0 Å². The molecule has 0 radical (unpaired) electrons. The topological polar surface area (TPSA) is 103 Å². The van der Waals surface area contributed by atoms with E-state index in [4.69, 9.17) is 5.26 Å². The van der Waals surface area contributed by atoms with E-state index in [0.29, 0.717) is 16.8 Å². The molecule has 0 aromatic heterocycles. The molecule has 0 fully saturated rings. The number of nitrogens with zero attached hydrogens (tertiary/aromatic N) is 3. The van der Waals surface area contributed by atoms with Crippen molar-refractivity contribution >= 4 is 40.7 Å². The van der Waals surface area contributed by atoms with E-state index < -0.39 is 11.8 Å². The molecule has 1 heterocycles. The predicted octanol–water partition coefficient (Wildman–Crippen LogP) is 5.95. The van der Waals surface area contributed by atoms with Crippen molar-refractivity contribution in [2.75, 3.05) is 5.75 Å². The van der Waals surface area contributed by atoms with Gasteiger partial charge in [0.05, 0.1) is 23.4 Å². The minimum atomic E-state index is -0.710. The quantitative estimate of drug-likeness (QED) is 0.194. The van der Waals surface area contributed by atoms with Crippen LogP contribution in [0, 0.1) is 11.3 Å². The fraction of sp³-hybridized carbons (Fsp3) is 0.0882. The van der Waals surface area contributed by atoms with Crippen LogP contribution in [0.3, 0.4) is 0 Å². The highest BCUT2D eigenvalue weighted by atomic mass is 32.2. The van der Waals surface area contributed by atoms with Crippen LogP contribution >= 0.6 is 11.8 Å². The van der Waals surface area contributed by atoms with Gasteiger partial charge in [-0.3, -0.25) is 19.3 Å². The fourth-order valence-corrected chi connectivity index (χ4v) is 5.02. The molecule has 7 nitrogen and oxygen atoms in total. The Hall–Kier alpha value is -5.26. The van der Waals surface area contributed by atoms with Crippen LogP contribution in [0.1, 0.15) is 35.2 Å². The second-order valence-electron chi connectivity index (χ2n) is 9.05. The number of allylic oxidation sites excluding steroid dienone is 4. The van der Waals surface area contributed by atoms with E-state index in [2.05, 4.69) is 16.9 Å². The van der Waals surface area contributed by atoms with Gasteiger partial charge in [0.1, 0.15) is 5.57 Å². The maximum atomic E-state index is 13.7. The highest BCUT2D eigenvalue weighted by Crippen LogP contribution is 2.27. The summed E-state index contributed by atoms with van der Waals surface area (Å²) in [5.41, 5.74) is 3.22. The number of hydrogen-bond acceptors (Lipinski definition) is 5. The van der Waals surface area contributed by atoms with Gasteiger partial charge in [-0.2, -0.15) is 10.3 Å². The van der Waals surface area contributed by atoms with E-state index in [1.807, 2.05) is 66.7 Å². The van der Waals surface area contributed by atoms with E-state index >= 15 is 0 Å². The van der Waals surface area contributed by atoms with Crippen LogP contribution < -0.4 is 5.32 Å². The first-order valence-electron chi connectivity index (χ1n) is 13.1. The van der Waals surface area contributed by atoms with E-state index in [1.165, 1.54) is 11.0 Å². The Balaban J connectivity index is 1.61. The number of nitriles is 1. The van der Waals surface area contributed by atoms with E-state index in [-0.39, 0.29) is 28.4 Å². The molecule has 42 heavy (non-hydrogen) atoms. The summed E-state index contributed by atoms with van der Waals surface area (Å²) in [6, 6.07) is 27.4. The Morgan fingerprint density at radius 1 is 1.02 bits per heavy atom. The van der Waals surface area contributed by atoms with Crippen molar-refractivity contribution in [3.63, 3.8) is 0 Å². The summed E-state index contributed by atoms with van der Waals surface area (Å²) >= 11 is 1.00. The molecule has 8 heteroatoms. The predicted molar refractivity (Wildman–Crippen MR) is 167 cm³/mol. The van der Waals surface area contributed by atoms with Crippen LogP contribution in [-0.4, -0.2) is 33.5 Å². The first-order chi connectivity index (χ1) is 20.4. The number of thioether (sulfide) groups is 1. The lowest BCUT2D eigenvalue weighted by molar-refractivity contribution is -0.126. The lowest BCUT2D eigenvalue weighted by atomic mass is 9.99. The van der Waals surface area contributed by atoms with E-state index in [0.717, 1.165) is 22.9 Å². The van der Waals surface area contributed by atoms with Crippen LogP contribution in [0.25, 0.3) is 6.08 Å². The lowest BCUT2D eigenvalue weighted by Gasteiger charge is -2.28. The Bertz CT molecular complexity index is 1590. The number of hydrogen-bond donors (Lipinski definition) is 1. The average Bonchev–Trinajstić information content (AvgIpc) is 3.03. The van der Waals surface area contributed by atoms with Gasteiger partial charge in [-0.15, -0.1) is 0 Å². The molecule has 4 rings (SSSR count). The van der Waals surface area contributed by atoms with Crippen molar-refractivity contribution < 1.29 is 14.4 Å². The van der Waals surface area contributed by atoms with Crippen LogP contribution in [0.5, 0.6) is 0 Å². The number of amidine groups is 1. The molecular formula is C34H28N4O3S. The standard InChI is InChI=1S/C34H28N4O3S/c1-3-5-16-28(4-2)38-33(41)29(21-24-17-19-25(22-35)20-18-24)32(40)37-34(38)42-23-30(39)36-31(26-12-8-6-9-13-26)27-14-10-7-11-15-27/h3-21,31H,1,23H2,2H3,(H,36,39)/b16-5-,28-4+,29-21+. The summed E-state index contributed by atoms with van der Waals surface area (Å²) in [7, 11) is 0. The van der Waals surface area contributed by atoms with E-state index in [1.54, 1.807) is 55.5 Å². The molecule has 0 spiro atoms. The van der Waals surface area contributed by atoms with Crippen LogP contribution in [0.4, 0.5) is 0 Å². The first-order valence-corrected chi connectivity index (χ1v) is 14.1. The number of amides is 3. The number of carbonyl (C=O) groups excluding carboxylic acids is 3. The van der Waals surface area contributed by atoms with Crippen molar-refractivity contribution in [1.29, 1.82) is 5.26 Å². The summed E-state index contributed by atoms with van der Waals surface area (Å²) in [5.74, 6) is -1.65. The molecular weight excluding hydrogens is 544 g/mol. The van der Waals surface area contributed by atoms with Gasteiger partial charge >= 0.3 is 0 Å². The minimum absolute atomic E-state index is 0.0805. The third-order valence-electron chi connectivity index (χ3n) is 6.26. The SMILES string of the molecule is C=C/C=C\C(=C/C)N1C(=O)/C(=C/c2ccc(C#N)cc2)C(=O)N=C1SCC(=O)NC(c1ccccc1)c1ccccc1. The van der Waals surface area contributed by atoms with Gasteiger partial charge < -0.3 is 5.32 Å². The summed E-state index contributed by atoms with van der Waals surface area (Å²) in [6.45, 7) is 5.45.